The lowest BCUT2D eigenvalue weighted by atomic mass is 10.2. The first-order valence-electron chi connectivity index (χ1n) is 5.44. The van der Waals surface area contributed by atoms with E-state index in [9.17, 15) is 4.39 Å². The van der Waals surface area contributed by atoms with E-state index in [0.29, 0.717) is 11.7 Å². The summed E-state index contributed by atoms with van der Waals surface area (Å²) in [5, 5.41) is 5.65. The summed E-state index contributed by atoms with van der Waals surface area (Å²) in [5.41, 5.74) is 1.78. The molecule has 0 aliphatic carbocycles. The Hall–Kier alpha value is -1.94. The quantitative estimate of drug-likeness (QED) is 0.663. The van der Waals surface area contributed by atoms with Crippen molar-refractivity contribution in [2.45, 2.75) is 6.54 Å². The fraction of sp³-hybridized carbons (Fsp3) is 0.0769. The zero-order chi connectivity index (χ0) is 12.5. The number of hydrogen-bond acceptors (Lipinski definition) is 2. The van der Waals surface area contributed by atoms with Gasteiger partial charge in [-0.25, -0.2) is 9.37 Å². The van der Waals surface area contributed by atoms with Crippen LogP contribution in [0.4, 0.5) is 4.39 Å². The molecule has 2 heterocycles. The van der Waals surface area contributed by atoms with Gasteiger partial charge in [-0.2, -0.15) is 5.10 Å². The van der Waals surface area contributed by atoms with Crippen LogP contribution >= 0.6 is 11.6 Å². The van der Waals surface area contributed by atoms with Gasteiger partial charge in [0.1, 0.15) is 11.0 Å². The number of aromatic nitrogens is 3. The maximum atomic E-state index is 12.8. The van der Waals surface area contributed by atoms with E-state index < -0.39 is 0 Å². The van der Waals surface area contributed by atoms with Crippen LogP contribution in [0, 0.1) is 5.82 Å². The van der Waals surface area contributed by atoms with Crippen LogP contribution in [-0.4, -0.2) is 14.8 Å². The van der Waals surface area contributed by atoms with Crippen molar-refractivity contribution in [1.82, 2.24) is 14.8 Å². The normalized spacial score (nSPS) is 11.0. The van der Waals surface area contributed by atoms with Crippen molar-refractivity contribution in [3.05, 3.63) is 59.3 Å². The minimum absolute atomic E-state index is 0.239. The van der Waals surface area contributed by atoms with E-state index in [4.69, 9.17) is 11.6 Å². The van der Waals surface area contributed by atoms with Crippen LogP contribution in [0.25, 0.3) is 10.9 Å². The molecule has 3 rings (SSSR count). The fourth-order valence-corrected chi connectivity index (χ4v) is 2.02. The van der Waals surface area contributed by atoms with Gasteiger partial charge in [-0.1, -0.05) is 23.7 Å². The number of halogens is 2. The number of pyridine rings is 1. The molecule has 0 bridgehead atoms. The second-order valence-electron chi connectivity index (χ2n) is 3.99. The predicted molar refractivity (Wildman–Crippen MR) is 68.0 cm³/mol. The van der Waals surface area contributed by atoms with Crippen LogP contribution in [0.3, 0.4) is 0 Å². The number of benzene rings is 1. The van der Waals surface area contributed by atoms with E-state index in [2.05, 4.69) is 10.1 Å². The first-order chi connectivity index (χ1) is 8.72. The Morgan fingerprint density at radius 3 is 2.67 bits per heavy atom. The van der Waals surface area contributed by atoms with Gasteiger partial charge in [0.25, 0.3) is 0 Å². The fourth-order valence-electron chi connectivity index (χ4n) is 1.82. The number of fused-ring (bicyclic) bond motifs is 1. The van der Waals surface area contributed by atoms with Gasteiger partial charge < -0.3 is 0 Å². The van der Waals surface area contributed by atoms with E-state index in [1.54, 1.807) is 23.0 Å². The molecule has 5 heteroatoms. The first-order valence-corrected chi connectivity index (χ1v) is 5.82. The lowest BCUT2D eigenvalue weighted by Crippen LogP contribution is -1.99. The maximum Gasteiger partial charge on any atom is 0.139 e. The van der Waals surface area contributed by atoms with E-state index in [-0.39, 0.29) is 5.82 Å². The summed E-state index contributed by atoms with van der Waals surface area (Å²) >= 11 is 5.98. The van der Waals surface area contributed by atoms with Gasteiger partial charge in [-0.05, 0) is 23.8 Å². The molecular formula is C13H9ClFN3. The van der Waals surface area contributed by atoms with Crippen molar-refractivity contribution in [2.24, 2.45) is 0 Å². The average Bonchev–Trinajstić information content (AvgIpc) is 2.76. The van der Waals surface area contributed by atoms with Crippen molar-refractivity contribution in [3.63, 3.8) is 0 Å². The summed E-state index contributed by atoms with van der Waals surface area (Å²) in [6.07, 6.45) is 3.47. The van der Waals surface area contributed by atoms with Gasteiger partial charge >= 0.3 is 0 Å². The SMILES string of the molecule is Fc1ccc(Cn2cc3c(Cl)nccc3n2)cc1. The Labute approximate surface area is 108 Å². The zero-order valence-electron chi connectivity index (χ0n) is 9.35. The molecule has 1 aromatic carbocycles. The van der Waals surface area contributed by atoms with Crippen molar-refractivity contribution in [1.29, 1.82) is 0 Å². The second kappa shape index (κ2) is 4.38. The highest BCUT2D eigenvalue weighted by Gasteiger charge is 2.05. The van der Waals surface area contributed by atoms with Gasteiger partial charge in [0, 0.05) is 12.4 Å². The summed E-state index contributed by atoms with van der Waals surface area (Å²) in [6, 6.07) is 8.16. The van der Waals surface area contributed by atoms with Crippen LogP contribution in [-0.2, 0) is 6.54 Å². The summed E-state index contributed by atoms with van der Waals surface area (Å²) in [6.45, 7) is 0.575. The summed E-state index contributed by atoms with van der Waals surface area (Å²) in [7, 11) is 0. The molecule has 90 valence electrons. The lowest BCUT2D eigenvalue weighted by Gasteiger charge is -2.00. The molecule has 3 aromatic rings. The minimum atomic E-state index is -0.239. The molecule has 3 nitrogen and oxygen atoms in total. The second-order valence-corrected chi connectivity index (χ2v) is 4.35. The monoisotopic (exact) mass is 261 g/mol. The van der Waals surface area contributed by atoms with Gasteiger partial charge in [-0.3, -0.25) is 4.68 Å². The largest absolute Gasteiger partial charge is 0.267 e. The molecule has 0 atom stereocenters. The molecule has 0 radical (unpaired) electrons. The minimum Gasteiger partial charge on any atom is -0.267 e. The Balaban J connectivity index is 1.95. The highest BCUT2D eigenvalue weighted by atomic mass is 35.5. The molecule has 0 spiro atoms. The Bertz CT molecular complexity index is 691. The third-order valence-electron chi connectivity index (χ3n) is 2.69. The van der Waals surface area contributed by atoms with Gasteiger partial charge in [0.15, 0.2) is 0 Å². The van der Waals surface area contributed by atoms with Crippen LogP contribution in [0.2, 0.25) is 5.15 Å². The molecular weight excluding hydrogens is 253 g/mol. The first kappa shape index (κ1) is 11.2. The number of rotatable bonds is 2. The molecule has 0 saturated carbocycles. The molecule has 0 aliphatic heterocycles. The summed E-state index contributed by atoms with van der Waals surface area (Å²) in [5.74, 6) is -0.239. The highest BCUT2D eigenvalue weighted by molar-refractivity contribution is 6.34. The summed E-state index contributed by atoms with van der Waals surface area (Å²) in [4.78, 5) is 4.00. The number of hydrogen-bond donors (Lipinski definition) is 0. The summed E-state index contributed by atoms with van der Waals surface area (Å²) < 4.78 is 14.6. The molecule has 0 fully saturated rings. The molecule has 0 unspecified atom stereocenters. The van der Waals surface area contributed by atoms with Crippen molar-refractivity contribution in [3.8, 4) is 0 Å². The third-order valence-corrected chi connectivity index (χ3v) is 2.99. The predicted octanol–water partition coefficient (Wildman–Crippen LogP) is 3.27. The standard InChI is InChI=1S/C13H9ClFN3/c14-13-11-8-18(17-12(11)5-6-16-13)7-9-1-3-10(15)4-2-9/h1-6,8H,7H2. The van der Waals surface area contributed by atoms with Crippen molar-refractivity contribution < 1.29 is 4.39 Å². The smallest absolute Gasteiger partial charge is 0.139 e. The Morgan fingerprint density at radius 1 is 1.17 bits per heavy atom. The molecule has 0 amide bonds. The third kappa shape index (κ3) is 2.07. The van der Waals surface area contributed by atoms with E-state index in [0.717, 1.165) is 16.5 Å². The Morgan fingerprint density at radius 2 is 1.94 bits per heavy atom. The maximum absolute atomic E-state index is 12.8. The number of nitrogens with zero attached hydrogens (tertiary/aromatic N) is 3. The van der Waals surface area contributed by atoms with Crippen LogP contribution in [0.1, 0.15) is 5.56 Å². The van der Waals surface area contributed by atoms with E-state index in [1.807, 2.05) is 12.3 Å². The van der Waals surface area contributed by atoms with Gasteiger partial charge in [0.05, 0.1) is 17.4 Å². The van der Waals surface area contributed by atoms with Crippen LogP contribution < -0.4 is 0 Å². The topological polar surface area (TPSA) is 30.7 Å². The van der Waals surface area contributed by atoms with Gasteiger partial charge in [0.2, 0.25) is 0 Å². The molecule has 18 heavy (non-hydrogen) atoms. The zero-order valence-corrected chi connectivity index (χ0v) is 10.1. The molecule has 2 aromatic heterocycles. The highest BCUT2D eigenvalue weighted by Crippen LogP contribution is 2.19. The molecule has 0 aliphatic rings. The molecule has 0 saturated heterocycles. The average molecular weight is 262 g/mol. The van der Waals surface area contributed by atoms with E-state index in [1.165, 1.54) is 12.1 Å². The van der Waals surface area contributed by atoms with E-state index >= 15 is 0 Å². The van der Waals surface area contributed by atoms with Crippen molar-refractivity contribution in [2.75, 3.05) is 0 Å². The Kier molecular flexibility index (Phi) is 2.72. The van der Waals surface area contributed by atoms with Crippen LogP contribution in [0.5, 0.6) is 0 Å². The van der Waals surface area contributed by atoms with Gasteiger partial charge in [-0.15, -0.1) is 0 Å². The van der Waals surface area contributed by atoms with Crippen molar-refractivity contribution >= 4 is 22.5 Å². The molecule has 0 N–H and O–H groups in total. The lowest BCUT2D eigenvalue weighted by molar-refractivity contribution is 0.624. The van der Waals surface area contributed by atoms with Crippen LogP contribution in [0.15, 0.2) is 42.7 Å².